The van der Waals surface area contributed by atoms with Gasteiger partial charge >= 0.3 is 0 Å². The van der Waals surface area contributed by atoms with Crippen LogP contribution in [0.25, 0.3) is 0 Å². The van der Waals surface area contributed by atoms with Crippen molar-refractivity contribution < 1.29 is 9.18 Å². The molecule has 0 spiro atoms. The largest absolute Gasteiger partial charge is 0.367 e. The summed E-state index contributed by atoms with van der Waals surface area (Å²) in [5.41, 5.74) is 1.68. The molecular weight excluding hydrogens is 331 g/mol. The van der Waals surface area contributed by atoms with Gasteiger partial charge in [0.05, 0.1) is 17.6 Å². The van der Waals surface area contributed by atoms with E-state index in [-0.39, 0.29) is 11.7 Å². The molecule has 0 radical (unpaired) electrons. The molecular formula is C20H25FN4O. The number of rotatable bonds is 6. The van der Waals surface area contributed by atoms with Crippen LogP contribution in [0.2, 0.25) is 0 Å². The van der Waals surface area contributed by atoms with Crippen molar-refractivity contribution in [1.82, 2.24) is 4.98 Å². The molecule has 2 aromatic rings. The lowest BCUT2D eigenvalue weighted by molar-refractivity contribution is -0.116. The third-order valence-corrected chi connectivity index (χ3v) is 4.61. The fourth-order valence-corrected chi connectivity index (χ4v) is 3.10. The standard InChI is InChI=1S/C20H25FN4O/c1-2-3-8-20(26)23-19-10-9-16(15-22-19)24-11-13-25(14-12-24)18-7-5-4-6-17(18)21/h4-7,9-10,15H,2-3,8,11-14H2,1H3,(H,22,23,26). The number of para-hydroxylation sites is 1. The second-order valence-electron chi connectivity index (χ2n) is 6.48. The monoisotopic (exact) mass is 356 g/mol. The Bertz CT molecular complexity index is 727. The van der Waals surface area contributed by atoms with Gasteiger partial charge < -0.3 is 15.1 Å². The van der Waals surface area contributed by atoms with Crippen LogP contribution in [0.3, 0.4) is 0 Å². The first-order chi connectivity index (χ1) is 12.7. The number of aromatic nitrogens is 1. The fourth-order valence-electron chi connectivity index (χ4n) is 3.10. The maximum Gasteiger partial charge on any atom is 0.225 e. The van der Waals surface area contributed by atoms with Gasteiger partial charge in [-0.25, -0.2) is 9.37 Å². The topological polar surface area (TPSA) is 48.5 Å². The van der Waals surface area contributed by atoms with Gasteiger partial charge in [-0.15, -0.1) is 0 Å². The van der Waals surface area contributed by atoms with Gasteiger partial charge in [-0.1, -0.05) is 25.5 Å². The minimum absolute atomic E-state index is 0.00519. The Labute approximate surface area is 153 Å². The number of carbonyl (C=O) groups excluding carboxylic acids is 1. The molecule has 26 heavy (non-hydrogen) atoms. The van der Waals surface area contributed by atoms with Crippen molar-refractivity contribution in [3.8, 4) is 0 Å². The van der Waals surface area contributed by atoms with Crippen molar-refractivity contribution in [3.05, 3.63) is 48.4 Å². The lowest BCUT2D eigenvalue weighted by Gasteiger charge is -2.37. The van der Waals surface area contributed by atoms with E-state index >= 15 is 0 Å². The molecule has 5 nitrogen and oxygen atoms in total. The number of carbonyl (C=O) groups is 1. The SMILES string of the molecule is CCCCC(=O)Nc1ccc(N2CCN(c3ccccc3F)CC2)cn1. The minimum atomic E-state index is -0.175. The van der Waals surface area contributed by atoms with Crippen LogP contribution in [0.5, 0.6) is 0 Å². The maximum absolute atomic E-state index is 13.9. The zero-order valence-corrected chi connectivity index (χ0v) is 15.1. The Morgan fingerprint density at radius 2 is 1.85 bits per heavy atom. The lowest BCUT2D eigenvalue weighted by Crippen LogP contribution is -2.46. The van der Waals surface area contributed by atoms with Crippen LogP contribution in [0.1, 0.15) is 26.2 Å². The van der Waals surface area contributed by atoms with Crippen LogP contribution in [-0.4, -0.2) is 37.1 Å². The number of hydrogen-bond acceptors (Lipinski definition) is 4. The van der Waals surface area contributed by atoms with Crippen molar-refractivity contribution >= 4 is 23.1 Å². The zero-order chi connectivity index (χ0) is 18.4. The van der Waals surface area contributed by atoms with Crippen LogP contribution in [-0.2, 0) is 4.79 Å². The molecule has 1 amide bonds. The van der Waals surface area contributed by atoms with Crippen molar-refractivity contribution in [2.24, 2.45) is 0 Å². The average molecular weight is 356 g/mol. The Balaban J connectivity index is 1.55. The molecule has 6 heteroatoms. The Kier molecular flexibility index (Phi) is 6.04. The van der Waals surface area contributed by atoms with Gasteiger partial charge in [0.25, 0.3) is 0 Å². The maximum atomic E-state index is 13.9. The molecule has 0 saturated carbocycles. The zero-order valence-electron chi connectivity index (χ0n) is 15.1. The third kappa shape index (κ3) is 4.50. The Morgan fingerprint density at radius 1 is 1.12 bits per heavy atom. The van der Waals surface area contributed by atoms with Crippen LogP contribution < -0.4 is 15.1 Å². The number of halogens is 1. The number of nitrogens with zero attached hydrogens (tertiary/aromatic N) is 3. The number of anilines is 3. The molecule has 1 aromatic heterocycles. The summed E-state index contributed by atoms with van der Waals surface area (Å²) >= 11 is 0. The highest BCUT2D eigenvalue weighted by Crippen LogP contribution is 2.23. The molecule has 1 aliphatic rings. The van der Waals surface area contributed by atoms with Crippen molar-refractivity contribution in [2.45, 2.75) is 26.2 Å². The van der Waals surface area contributed by atoms with Gasteiger partial charge in [0.15, 0.2) is 0 Å². The summed E-state index contributed by atoms with van der Waals surface area (Å²) in [6, 6.07) is 10.7. The van der Waals surface area contributed by atoms with Crippen molar-refractivity contribution in [2.75, 3.05) is 41.3 Å². The molecule has 0 unspecified atom stereocenters. The first kappa shape index (κ1) is 18.2. The number of pyridine rings is 1. The van der Waals surface area contributed by atoms with E-state index in [2.05, 4.69) is 27.0 Å². The highest BCUT2D eigenvalue weighted by molar-refractivity contribution is 5.89. The lowest BCUT2D eigenvalue weighted by atomic mass is 10.2. The summed E-state index contributed by atoms with van der Waals surface area (Å²) in [4.78, 5) is 20.4. The van der Waals surface area contributed by atoms with Crippen LogP contribution in [0.4, 0.5) is 21.6 Å². The van der Waals surface area contributed by atoms with E-state index in [0.717, 1.165) is 44.7 Å². The summed E-state index contributed by atoms with van der Waals surface area (Å²) in [7, 11) is 0. The summed E-state index contributed by atoms with van der Waals surface area (Å²) in [5, 5.41) is 2.82. The predicted molar refractivity (Wildman–Crippen MR) is 103 cm³/mol. The van der Waals surface area contributed by atoms with Crippen LogP contribution in [0, 0.1) is 5.82 Å². The second kappa shape index (κ2) is 8.65. The van der Waals surface area contributed by atoms with Gasteiger partial charge in [0.2, 0.25) is 5.91 Å². The second-order valence-corrected chi connectivity index (χ2v) is 6.48. The quantitative estimate of drug-likeness (QED) is 0.858. The van der Waals surface area contributed by atoms with Crippen molar-refractivity contribution in [3.63, 3.8) is 0 Å². The molecule has 1 aliphatic heterocycles. The number of piperazine rings is 1. The molecule has 3 rings (SSSR count). The van der Waals surface area contributed by atoms with E-state index in [1.165, 1.54) is 6.07 Å². The Hall–Kier alpha value is -2.63. The highest BCUT2D eigenvalue weighted by Gasteiger charge is 2.19. The van der Waals surface area contributed by atoms with E-state index in [0.29, 0.717) is 17.9 Å². The molecule has 2 heterocycles. The average Bonchev–Trinajstić information content (AvgIpc) is 2.68. The number of nitrogens with one attached hydrogen (secondary N) is 1. The molecule has 1 saturated heterocycles. The first-order valence-electron chi connectivity index (χ1n) is 9.17. The summed E-state index contributed by atoms with van der Waals surface area (Å²) < 4.78 is 13.9. The molecule has 0 aliphatic carbocycles. The van der Waals surface area contributed by atoms with E-state index < -0.39 is 0 Å². The molecule has 138 valence electrons. The van der Waals surface area contributed by atoms with E-state index in [9.17, 15) is 9.18 Å². The number of hydrogen-bond donors (Lipinski definition) is 1. The van der Waals surface area contributed by atoms with Gasteiger partial charge in [0.1, 0.15) is 11.6 Å². The minimum Gasteiger partial charge on any atom is -0.367 e. The number of benzene rings is 1. The smallest absolute Gasteiger partial charge is 0.225 e. The normalized spacial score (nSPS) is 14.4. The third-order valence-electron chi connectivity index (χ3n) is 4.61. The van der Waals surface area contributed by atoms with Gasteiger partial charge in [0, 0.05) is 32.6 Å². The Morgan fingerprint density at radius 3 is 2.50 bits per heavy atom. The van der Waals surface area contributed by atoms with Crippen molar-refractivity contribution in [1.29, 1.82) is 0 Å². The molecule has 1 fully saturated rings. The molecule has 1 N–H and O–H groups in total. The van der Waals surface area contributed by atoms with E-state index in [1.807, 2.05) is 24.3 Å². The number of unbranched alkanes of at least 4 members (excludes halogenated alkanes) is 1. The van der Waals surface area contributed by atoms with Crippen LogP contribution >= 0.6 is 0 Å². The highest BCUT2D eigenvalue weighted by atomic mass is 19.1. The summed E-state index contributed by atoms with van der Waals surface area (Å²) in [5.74, 6) is 0.413. The van der Waals surface area contributed by atoms with Crippen LogP contribution in [0.15, 0.2) is 42.6 Å². The van der Waals surface area contributed by atoms with Gasteiger partial charge in [-0.3, -0.25) is 4.79 Å². The molecule has 1 aromatic carbocycles. The molecule has 0 bridgehead atoms. The predicted octanol–water partition coefficient (Wildman–Crippen LogP) is 3.68. The van der Waals surface area contributed by atoms with Gasteiger partial charge in [-0.05, 0) is 30.7 Å². The summed E-state index contributed by atoms with van der Waals surface area (Å²) in [6.07, 6.45) is 4.20. The fraction of sp³-hybridized carbons (Fsp3) is 0.400. The van der Waals surface area contributed by atoms with E-state index in [4.69, 9.17) is 0 Å². The first-order valence-corrected chi connectivity index (χ1v) is 9.17. The summed E-state index contributed by atoms with van der Waals surface area (Å²) in [6.45, 7) is 5.19. The van der Waals surface area contributed by atoms with Gasteiger partial charge in [-0.2, -0.15) is 0 Å². The number of amides is 1. The van der Waals surface area contributed by atoms with E-state index in [1.54, 1.807) is 12.3 Å². The molecule has 0 atom stereocenters.